The molecule has 4 nitrogen and oxygen atoms in total. The number of rotatable bonds is 10. The van der Waals surface area contributed by atoms with Crippen molar-refractivity contribution in [2.45, 2.75) is 20.1 Å². The zero-order valence-corrected chi connectivity index (χ0v) is 17.0. The Kier molecular flexibility index (Phi) is 8.52. The molecule has 0 saturated carbocycles. The zero-order valence-electron chi connectivity index (χ0n) is 15.5. The van der Waals surface area contributed by atoms with Gasteiger partial charge in [-0.25, -0.2) is 0 Å². The van der Waals surface area contributed by atoms with Gasteiger partial charge in [0.05, 0.1) is 6.61 Å². The molecule has 0 atom stereocenters. The van der Waals surface area contributed by atoms with Crippen LogP contribution in [0.1, 0.15) is 18.1 Å². The molecule has 26 heavy (non-hydrogen) atoms. The van der Waals surface area contributed by atoms with Gasteiger partial charge < -0.3 is 19.7 Å². The summed E-state index contributed by atoms with van der Waals surface area (Å²) in [7, 11) is 4.12. The first-order chi connectivity index (χ1) is 12.5. The summed E-state index contributed by atoms with van der Waals surface area (Å²) in [5, 5.41) is 4.61. The fourth-order valence-electron chi connectivity index (χ4n) is 2.41. The number of hydrogen-bond acceptors (Lipinski definition) is 4. The summed E-state index contributed by atoms with van der Waals surface area (Å²) in [6.45, 7) is 5.53. The Morgan fingerprint density at radius 1 is 1.00 bits per heavy atom. The second kappa shape index (κ2) is 10.6. The number of likely N-dealkylation sites (N-methyl/N-ethyl adjacent to an activating group) is 1. The van der Waals surface area contributed by atoms with Crippen LogP contribution in [0.25, 0.3) is 0 Å². The van der Waals surface area contributed by atoms with Crippen LogP contribution in [0.3, 0.4) is 0 Å². The molecule has 0 radical (unpaired) electrons. The van der Waals surface area contributed by atoms with Gasteiger partial charge in [-0.2, -0.15) is 0 Å². The van der Waals surface area contributed by atoms with Gasteiger partial charge in [-0.3, -0.25) is 0 Å². The lowest BCUT2D eigenvalue weighted by Crippen LogP contribution is -2.26. The first-order valence-electron chi connectivity index (χ1n) is 8.68. The summed E-state index contributed by atoms with van der Waals surface area (Å²) < 4.78 is 11.7. The molecule has 1 N–H and O–H groups in total. The number of nitrogens with zero attached hydrogens (tertiary/aromatic N) is 1. The fraction of sp³-hybridized carbons (Fsp3) is 0.400. The van der Waals surface area contributed by atoms with Crippen LogP contribution in [0.2, 0.25) is 10.0 Å². The van der Waals surface area contributed by atoms with Crippen LogP contribution < -0.4 is 14.8 Å². The Morgan fingerprint density at radius 2 is 1.73 bits per heavy atom. The van der Waals surface area contributed by atoms with Gasteiger partial charge in [0.15, 0.2) is 11.5 Å². The molecular weight excluding hydrogens is 371 g/mol. The highest BCUT2D eigenvalue weighted by atomic mass is 35.5. The molecule has 0 unspecified atom stereocenters. The van der Waals surface area contributed by atoms with Gasteiger partial charge in [-0.05, 0) is 50.8 Å². The lowest BCUT2D eigenvalue weighted by Gasteiger charge is -2.15. The molecule has 0 aliphatic heterocycles. The van der Waals surface area contributed by atoms with Crippen molar-refractivity contribution in [2.24, 2.45) is 0 Å². The maximum Gasteiger partial charge on any atom is 0.161 e. The molecule has 0 aliphatic rings. The van der Waals surface area contributed by atoms with E-state index in [-0.39, 0.29) is 0 Å². The minimum Gasteiger partial charge on any atom is -0.490 e. The van der Waals surface area contributed by atoms with Gasteiger partial charge in [0.2, 0.25) is 0 Å². The largest absolute Gasteiger partial charge is 0.490 e. The van der Waals surface area contributed by atoms with E-state index in [0.29, 0.717) is 29.0 Å². The van der Waals surface area contributed by atoms with Gasteiger partial charge in [0, 0.05) is 35.2 Å². The van der Waals surface area contributed by atoms with Crippen LogP contribution in [-0.2, 0) is 13.2 Å². The molecule has 2 rings (SSSR count). The highest BCUT2D eigenvalue weighted by molar-refractivity contribution is 6.35. The molecular formula is C20H26Cl2N2O2. The second-order valence-electron chi connectivity index (χ2n) is 6.18. The zero-order chi connectivity index (χ0) is 18.9. The first kappa shape index (κ1) is 20.8. The number of nitrogens with one attached hydrogen (secondary N) is 1. The van der Waals surface area contributed by atoms with Gasteiger partial charge in [-0.15, -0.1) is 0 Å². The van der Waals surface area contributed by atoms with Gasteiger partial charge in [0.25, 0.3) is 0 Å². The molecule has 0 amide bonds. The summed E-state index contributed by atoms with van der Waals surface area (Å²) in [5.74, 6) is 1.41. The molecule has 0 aliphatic carbocycles. The molecule has 0 bridgehead atoms. The van der Waals surface area contributed by atoms with Crippen LogP contribution in [0.15, 0.2) is 36.4 Å². The third-order valence-corrected chi connectivity index (χ3v) is 4.51. The molecule has 0 fully saturated rings. The van der Waals surface area contributed by atoms with Crippen LogP contribution in [0.4, 0.5) is 0 Å². The number of hydrogen-bond donors (Lipinski definition) is 1. The molecule has 2 aromatic rings. The normalized spacial score (nSPS) is 11.0. The van der Waals surface area contributed by atoms with Crippen molar-refractivity contribution in [2.75, 3.05) is 33.8 Å². The standard InChI is InChI=1S/C20H26Cl2N2O2/c1-4-25-20-12-15(13-23-10-11-24(2)3)8-9-19(20)26-14-16-17(21)6-5-7-18(16)22/h5-9,12,23H,4,10-11,13-14H2,1-3H3. The van der Waals surface area contributed by atoms with Crippen molar-refractivity contribution in [3.63, 3.8) is 0 Å². The summed E-state index contributed by atoms with van der Waals surface area (Å²) in [6, 6.07) is 11.4. The van der Waals surface area contributed by atoms with Crippen molar-refractivity contribution in [1.82, 2.24) is 10.2 Å². The molecule has 0 saturated heterocycles. The monoisotopic (exact) mass is 396 g/mol. The summed E-state index contributed by atoms with van der Waals surface area (Å²) in [5.41, 5.74) is 1.92. The Morgan fingerprint density at radius 3 is 2.38 bits per heavy atom. The molecule has 0 heterocycles. The van der Waals surface area contributed by atoms with Crippen LogP contribution >= 0.6 is 23.2 Å². The van der Waals surface area contributed by atoms with E-state index in [1.807, 2.05) is 31.2 Å². The average molecular weight is 397 g/mol. The predicted octanol–water partition coefficient (Wildman–Crippen LogP) is 4.62. The van der Waals surface area contributed by atoms with E-state index >= 15 is 0 Å². The highest BCUT2D eigenvalue weighted by Gasteiger charge is 2.10. The van der Waals surface area contributed by atoms with Crippen LogP contribution in [0, 0.1) is 0 Å². The molecule has 142 valence electrons. The van der Waals surface area contributed by atoms with Crippen LogP contribution in [-0.4, -0.2) is 38.7 Å². The summed E-state index contributed by atoms with van der Waals surface area (Å²) in [4.78, 5) is 2.15. The van der Waals surface area contributed by atoms with E-state index in [1.165, 1.54) is 0 Å². The second-order valence-corrected chi connectivity index (χ2v) is 7.00. The number of benzene rings is 2. The first-order valence-corrected chi connectivity index (χ1v) is 9.43. The van der Waals surface area contributed by atoms with E-state index in [4.69, 9.17) is 32.7 Å². The fourth-order valence-corrected chi connectivity index (χ4v) is 2.91. The molecule has 6 heteroatoms. The topological polar surface area (TPSA) is 33.7 Å². The average Bonchev–Trinajstić information content (AvgIpc) is 2.60. The molecule has 0 aromatic heterocycles. The Balaban J connectivity index is 2.03. The van der Waals surface area contributed by atoms with Crippen molar-refractivity contribution >= 4 is 23.2 Å². The van der Waals surface area contributed by atoms with E-state index in [0.717, 1.165) is 36.5 Å². The van der Waals surface area contributed by atoms with Crippen molar-refractivity contribution in [3.05, 3.63) is 57.6 Å². The number of ether oxygens (including phenoxy) is 2. The van der Waals surface area contributed by atoms with Crippen molar-refractivity contribution < 1.29 is 9.47 Å². The SMILES string of the molecule is CCOc1cc(CNCCN(C)C)ccc1OCc1c(Cl)cccc1Cl. The summed E-state index contributed by atoms with van der Waals surface area (Å²) >= 11 is 12.4. The van der Waals surface area contributed by atoms with Gasteiger partial charge >= 0.3 is 0 Å². The van der Waals surface area contributed by atoms with Crippen molar-refractivity contribution in [3.8, 4) is 11.5 Å². The maximum atomic E-state index is 6.21. The van der Waals surface area contributed by atoms with Gasteiger partial charge in [-0.1, -0.05) is 35.3 Å². The Bertz CT molecular complexity index is 688. The van der Waals surface area contributed by atoms with E-state index in [2.05, 4.69) is 24.3 Å². The molecule has 0 spiro atoms. The quantitative estimate of drug-likeness (QED) is 0.593. The highest BCUT2D eigenvalue weighted by Crippen LogP contribution is 2.31. The lowest BCUT2D eigenvalue weighted by atomic mass is 10.2. The predicted molar refractivity (Wildman–Crippen MR) is 109 cm³/mol. The van der Waals surface area contributed by atoms with E-state index in [9.17, 15) is 0 Å². The van der Waals surface area contributed by atoms with Crippen molar-refractivity contribution in [1.29, 1.82) is 0 Å². The van der Waals surface area contributed by atoms with Gasteiger partial charge in [0.1, 0.15) is 6.61 Å². The third kappa shape index (κ3) is 6.36. The third-order valence-electron chi connectivity index (χ3n) is 3.81. The lowest BCUT2D eigenvalue weighted by molar-refractivity contribution is 0.269. The summed E-state index contributed by atoms with van der Waals surface area (Å²) in [6.07, 6.45) is 0. The minimum absolute atomic E-state index is 0.291. The number of halogens is 2. The minimum atomic E-state index is 0.291. The Labute approximate surface area is 166 Å². The van der Waals surface area contributed by atoms with E-state index < -0.39 is 0 Å². The molecule has 2 aromatic carbocycles. The Hall–Kier alpha value is -1.46. The maximum absolute atomic E-state index is 6.21. The smallest absolute Gasteiger partial charge is 0.161 e. The van der Waals surface area contributed by atoms with E-state index in [1.54, 1.807) is 12.1 Å². The van der Waals surface area contributed by atoms with Crippen LogP contribution in [0.5, 0.6) is 11.5 Å².